The molecule has 3 rings (SSSR count). The minimum absolute atomic E-state index is 0.122. The van der Waals surface area contributed by atoms with Crippen LogP contribution in [0.25, 0.3) is 10.9 Å². The first-order chi connectivity index (χ1) is 9.39. The lowest BCUT2D eigenvalue weighted by molar-refractivity contribution is -0.0510. The van der Waals surface area contributed by atoms with Crippen molar-refractivity contribution < 1.29 is 5.11 Å². The number of nitrogens with two attached hydrogens (primary N) is 1. The quantitative estimate of drug-likeness (QED) is 0.737. The molecule has 4 N–H and O–H groups in total. The molecule has 2 atom stereocenters. The Balaban J connectivity index is 1.99. The van der Waals surface area contributed by atoms with Crippen LogP contribution < -0.4 is 11.1 Å². The fourth-order valence-electron chi connectivity index (χ4n) is 2.67. The molecule has 0 saturated heterocycles. The summed E-state index contributed by atoms with van der Waals surface area (Å²) in [5.41, 5.74) is 8.44. The molecule has 1 aliphatic carbocycles. The normalized spacial score (nSPS) is 24.4. The van der Waals surface area contributed by atoms with E-state index in [4.69, 9.17) is 5.73 Å². The van der Waals surface area contributed by atoms with Crippen LogP contribution in [0.2, 0.25) is 0 Å². The predicted octanol–water partition coefficient (Wildman–Crippen LogP) is 3.15. The van der Waals surface area contributed by atoms with Gasteiger partial charge in [-0.05, 0) is 40.5 Å². The van der Waals surface area contributed by atoms with Crippen molar-refractivity contribution in [1.82, 2.24) is 4.98 Å². The summed E-state index contributed by atoms with van der Waals surface area (Å²) in [7, 11) is 0. The van der Waals surface area contributed by atoms with Gasteiger partial charge in [0.05, 0.1) is 17.3 Å². The van der Waals surface area contributed by atoms with Crippen LogP contribution in [0.1, 0.15) is 20.3 Å². The van der Waals surface area contributed by atoms with Gasteiger partial charge in [-0.25, -0.2) is 0 Å². The van der Waals surface area contributed by atoms with Gasteiger partial charge in [-0.1, -0.05) is 13.8 Å². The Hall–Kier alpha value is -1.33. The lowest BCUT2D eigenvalue weighted by atomic mass is 9.64. The van der Waals surface area contributed by atoms with E-state index in [0.29, 0.717) is 5.69 Å². The van der Waals surface area contributed by atoms with Crippen LogP contribution >= 0.6 is 15.9 Å². The number of rotatable bonds is 2. The van der Waals surface area contributed by atoms with E-state index in [0.717, 1.165) is 27.5 Å². The van der Waals surface area contributed by atoms with Gasteiger partial charge in [0.1, 0.15) is 0 Å². The average Bonchev–Trinajstić information content (AvgIpc) is 2.41. The van der Waals surface area contributed by atoms with Gasteiger partial charge in [-0.3, -0.25) is 4.98 Å². The summed E-state index contributed by atoms with van der Waals surface area (Å²) in [6.07, 6.45) is 2.28. The topological polar surface area (TPSA) is 71.2 Å². The number of aromatic nitrogens is 1. The second-order valence-corrected chi connectivity index (χ2v) is 6.94. The van der Waals surface area contributed by atoms with Gasteiger partial charge in [0, 0.05) is 33.2 Å². The molecule has 0 bridgehead atoms. The Morgan fingerprint density at radius 2 is 2.20 bits per heavy atom. The van der Waals surface area contributed by atoms with Crippen molar-refractivity contribution in [3.05, 3.63) is 28.9 Å². The summed E-state index contributed by atoms with van der Waals surface area (Å²) in [6, 6.07) is 6.07. The molecule has 1 heterocycles. The molecule has 0 amide bonds. The highest BCUT2D eigenvalue weighted by Crippen LogP contribution is 2.43. The molecule has 1 aromatic heterocycles. The third-order valence-electron chi connectivity index (χ3n) is 4.40. The van der Waals surface area contributed by atoms with Crippen molar-refractivity contribution in [3.63, 3.8) is 0 Å². The number of nitrogens with one attached hydrogen (secondary N) is 1. The van der Waals surface area contributed by atoms with E-state index in [1.54, 1.807) is 6.20 Å². The molecule has 4 nitrogen and oxygen atoms in total. The zero-order valence-electron chi connectivity index (χ0n) is 11.5. The Morgan fingerprint density at radius 1 is 1.45 bits per heavy atom. The monoisotopic (exact) mass is 335 g/mol. The number of aliphatic hydroxyl groups excluding tert-OH is 1. The van der Waals surface area contributed by atoms with E-state index in [1.165, 1.54) is 0 Å². The van der Waals surface area contributed by atoms with Crippen LogP contribution in [0.5, 0.6) is 0 Å². The summed E-state index contributed by atoms with van der Waals surface area (Å²) in [6.45, 7) is 4.14. The molecule has 1 fully saturated rings. The van der Waals surface area contributed by atoms with Crippen molar-refractivity contribution in [2.75, 3.05) is 11.1 Å². The van der Waals surface area contributed by atoms with E-state index in [9.17, 15) is 5.11 Å². The maximum Gasteiger partial charge on any atom is 0.0954 e. The fraction of sp³-hybridized carbons (Fsp3) is 0.400. The molecule has 20 heavy (non-hydrogen) atoms. The molecule has 2 aromatic rings. The number of benzene rings is 1. The van der Waals surface area contributed by atoms with Gasteiger partial charge >= 0.3 is 0 Å². The molecule has 1 saturated carbocycles. The van der Waals surface area contributed by atoms with Crippen LogP contribution in [0.4, 0.5) is 11.4 Å². The summed E-state index contributed by atoms with van der Waals surface area (Å²) in [5, 5.41) is 14.3. The molecule has 5 heteroatoms. The van der Waals surface area contributed by atoms with Crippen LogP contribution in [0, 0.1) is 5.41 Å². The standard InChI is InChI=1S/C15H18BrN3O/c1-15(2)12(6-13(15)20)19-11-4-3-10(17)9-5-8(16)7-18-14(9)11/h3-5,7,12-13,19-20H,6,17H2,1-2H3. The largest absolute Gasteiger partial charge is 0.398 e. The molecule has 2 unspecified atom stereocenters. The van der Waals surface area contributed by atoms with Crippen molar-refractivity contribution in [3.8, 4) is 0 Å². The van der Waals surface area contributed by atoms with E-state index < -0.39 is 0 Å². The Kier molecular flexibility index (Phi) is 3.14. The minimum atomic E-state index is -0.248. The van der Waals surface area contributed by atoms with E-state index in [2.05, 4.69) is 40.1 Å². The molecular weight excluding hydrogens is 318 g/mol. The number of halogens is 1. The van der Waals surface area contributed by atoms with Gasteiger partial charge in [-0.2, -0.15) is 0 Å². The molecule has 0 radical (unpaired) electrons. The number of aliphatic hydroxyl groups is 1. The van der Waals surface area contributed by atoms with E-state index in [1.807, 2.05) is 18.2 Å². The van der Waals surface area contributed by atoms with Crippen LogP contribution in [0.15, 0.2) is 28.9 Å². The highest BCUT2D eigenvalue weighted by Gasteiger charge is 2.47. The van der Waals surface area contributed by atoms with Gasteiger partial charge in [-0.15, -0.1) is 0 Å². The number of nitrogens with zero attached hydrogens (tertiary/aromatic N) is 1. The number of pyridine rings is 1. The third kappa shape index (κ3) is 2.05. The lowest BCUT2D eigenvalue weighted by Gasteiger charge is -2.49. The summed E-state index contributed by atoms with van der Waals surface area (Å²) < 4.78 is 0.910. The number of hydrogen-bond acceptors (Lipinski definition) is 4. The summed E-state index contributed by atoms with van der Waals surface area (Å²) >= 11 is 3.42. The molecule has 1 aliphatic rings. The van der Waals surface area contributed by atoms with Gasteiger partial charge in [0.15, 0.2) is 0 Å². The molecular formula is C15H18BrN3O. The third-order valence-corrected chi connectivity index (χ3v) is 4.83. The first-order valence-electron chi connectivity index (χ1n) is 6.68. The smallest absolute Gasteiger partial charge is 0.0954 e. The second-order valence-electron chi connectivity index (χ2n) is 6.02. The van der Waals surface area contributed by atoms with Crippen molar-refractivity contribution in [2.45, 2.75) is 32.4 Å². The van der Waals surface area contributed by atoms with Gasteiger partial charge in [0.2, 0.25) is 0 Å². The van der Waals surface area contributed by atoms with Crippen molar-refractivity contribution in [1.29, 1.82) is 0 Å². The van der Waals surface area contributed by atoms with Gasteiger partial charge in [0.25, 0.3) is 0 Å². The average molecular weight is 336 g/mol. The fourth-order valence-corrected chi connectivity index (χ4v) is 3.00. The van der Waals surface area contributed by atoms with E-state index in [-0.39, 0.29) is 17.6 Å². The summed E-state index contributed by atoms with van der Waals surface area (Å²) in [4.78, 5) is 4.47. The Morgan fingerprint density at radius 3 is 2.85 bits per heavy atom. The van der Waals surface area contributed by atoms with Crippen LogP contribution in [-0.2, 0) is 0 Å². The van der Waals surface area contributed by atoms with Crippen molar-refractivity contribution in [2.24, 2.45) is 5.41 Å². The first kappa shape index (κ1) is 13.6. The second kappa shape index (κ2) is 4.60. The zero-order chi connectivity index (χ0) is 14.5. The minimum Gasteiger partial charge on any atom is -0.398 e. The van der Waals surface area contributed by atoms with Crippen LogP contribution in [-0.4, -0.2) is 22.2 Å². The van der Waals surface area contributed by atoms with Crippen LogP contribution in [0.3, 0.4) is 0 Å². The maximum atomic E-state index is 9.84. The Bertz CT molecular complexity index is 671. The molecule has 1 aromatic carbocycles. The molecule has 0 spiro atoms. The van der Waals surface area contributed by atoms with Gasteiger partial charge < -0.3 is 16.2 Å². The highest BCUT2D eigenvalue weighted by molar-refractivity contribution is 9.10. The zero-order valence-corrected chi connectivity index (χ0v) is 13.1. The molecule has 106 valence electrons. The van der Waals surface area contributed by atoms with Crippen molar-refractivity contribution >= 4 is 38.2 Å². The highest BCUT2D eigenvalue weighted by atomic mass is 79.9. The maximum absolute atomic E-state index is 9.84. The number of nitrogen functional groups attached to an aromatic ring is 1. The molecule has 0 aliphatic heterocycles. The lowest BCUT2D eigenvalue weighted by Crippen LogP contribution is -2.56. The summed E-state index contributed by atoms with van der Waals surface area (Å²) in [5.74, 6) is 0. The number of anilines is 2. The first-order valence-corrected chi connectivity index (χ1v) is 7.47. The predicted molar refractivity (Wildman–Crippen MR) is 85.7 cm³/mol. The Labute approximate surface area is 126 Å². The number of hydrogen-bond donors (Lipinski definition) is 3. The SMILES string of the molecule is CC1(C)C(O)CC1Nc1ccc(N)c2cc(Br)cnc12. The van der Waals surface area contributed by atoms with E-state index >= 15 is 0 Å². The number of fused-ring (bicyclic) bond motifs is 1.